The van der Waals surface area contributed by atoms with E-state index < -0.39 is 6.10 Å². The summed E-state index contributed by atoms with van der Waals surface area (Å²) in [6.07, 6.45) is -0.569. The fraction of sp³-hybridized carbons (Fsp3) is 0.385. The first-order valence-electron chi connectivity index (χ1n) is 11.9. The summed E-state index contributed by atoms with van der Waals surface area (Å²) in [6.45, 7) is 8.31. The number of thiazole rings is 1. The van der Waals surface area contributed by atoms with Crippen molar-refractivity contribution < 1.29 is 14.4 Å². The van der Waals surface area contributed by atoms with Gasteiger partial charge in [-0.2, -0.15) is 0 Å². The SMILES string of the molecule is Cc1nc2cc(OC[C@@H](O)CN3CCN(Cc4cc(-c5ccc(Cl)c(Cl)c5)on4)[C@@H](C)C3)ccc2s1. The predicted molar refractivity (Wildman–Crippen MR) is 144 cm³/mol. The average molecular weight is 548 g/mol. The Morgan fingerprint density at radius 2 is 2.03 bits per heavy atom. The molecule has 0 spiro atoms. The quantitative estimate of drug-likeness (QED) is 0.312. The maximum atomic E-state index is 10.6. The summed E-state index contributed by atoms with van der Waals surface area (Å²) < 4.78 is 12.5. The molecule has 36 heavy (non-hydrogen) atoms. The van der Waals surface area contributed by atoms with Crippen LogP contribution in [0.15, 0.2) is 47.0 Å². The normalized spacial score (nSPS) is 18.1. The molecule has 2 atom stereocenters. The fourth-order valence-corrected chi connectivity index (χ4v) is 5.61. The van der Waals surface area contributed by atoms with Crippen LogP contribution in [0.2, 0.25) is 10.0 Å². The molecule has 0 bridgehead atoms. The zero-order valence-electron chi connectivity index (χ0n) is 20.2. The Morgan fingerprint density at radius 3 is 2.83 bits per heavy atom. The second-order valence-corrected chi connectivity index (χ2v) is 11.3. The Kier molecular flexibility index (Phi) is 7.81. The minimum absolute atomic E-state index is 0.250. The average Bonchev–Trinajstić information content (AvgIpc) is 3.46. The molecule has 1 fully saturated rings. The van der Waals surface area contributed by atoms with Gasteiger partial charge in [0.05, 0.1) is 31.0 Å². The van der Waals surface area contributed by atoms with Gasteiger partial charge in [-0.25, -0.2) is 4.98 Å². The number of aromatic nitrogens is 2. The zero-order valence-corrected chi connectivity index (χ0v) is 22.5. The third-order valence-electron chi connectivity index (χ3n) is 6.35. The summed E-state index contributed by atoms with van der Waals surface area (Å²) in [7, 11) is 0. The highest BCUT2D eigenvalue weighted by molar-refractivity contribution is 7.18. The molecule has 5 rings (SSSR count). The minimum Gasteiger partial charge on any atom is -0.491 e. The van der Waals surface area contributed by atoms with Crippen LogP contribution in [0.1, 0.15) is 17.6 Å². The van der Waals surface area contributed by atoms with Gasteiger partial charge in [0.2, 0.25) is 0 Å². The number of ether oxygens (including phenoxy) is 1. The van der Waals surface area contributed by atoms with Gasteiger partial charge >= 0.3 is 0 Å². The van der Waals surface area contributed by atoms with Crippen LogP contribution in [0.4, 0.5) is 0 Å². The second kappa shape index (κ2) is 11.0. The van der Waals surface area contributed by atoms with E-state index in [1.165, 1.54) is 0 Å². The van der Waals surface area contributed by atoms with Crippen LogP contribution in [0.5, 0.6) is 5.75 Å². The molecule has 0 radical (unpaired) electrons. The van der Waals surface area contributed by atoms with Crippen molar-refractivity contribution in [3.63, 3.8) is 0 Å². The predicted octanol–water partition coefficient (Wildman–Crippen LogP) is 5.51. The molecular weight excluding hydrogens is 519 g/mol. The molecule has 0 aliphatic carbocycles. The standard InChI is InChI=1S/C26H28Cl2N4O3S/c1-16-12-31(14-20(33)15-34-21-4-6-26-24(11-21)29-17(2)36-26)7-8-32(16)13-19-10-25(35-30-19)18-3-5-22(27)23(28)9-18/h3-6,9-11,16,20,33H,7-8,12-15H2,1-2H3/t16-,20-/m0/s1. The molecule has 1 saturated heterocycles. The summed E-state index contributed by atoms with van der Waals surface area (Å²) >= 11 is 13.8. The van der Waals surface area contributed by atoms with Crippen LogP contribution < -0.4 is 4.74 Å². The molecule has 10 heteroatoms. The molecule has 7 nitrogen and oxygen atoms in total. The summed E-state index contributed by atoms with van der Waals surface area (Å²) in [5.74, 6) is 1.40. The van der Waals surface area contributed by atoms with E-state index >= 15 is 0 Å². The number of hydrogen-bond acceptors (Lipinski definition) is 8. The summed E-state index contributed by atoms with van der Waals surface area (Å²) in [4.78, 5) is 9.17. The molecule has 1 N–H and O–H groups in total. The summed E-state index contributed by atoms with van der Waals surface area (Å²) in [6, 6.07) is 13.5. The van der Waals surface area contributed by atoms with Crippen molar-refractivity contribution in [1.29, 1.82) is 0 Å². The van der Waals surface area contributed by atoms with Crippen molar-refractivity contribution in [3.05, 3.63) is 63.2 Å². The first kappa shape index (κ1) is 25.4. The van der Waals surface area contributed by atoms with Crippen LogP contribution in [-0.4, -0.2) is 70.0 Å². The van der Waals surface area contributed by atoms with Crippen molar-refractivity contribution in [2.24, 2.45) is 0 Å². The highest BCUT2D eigenvalue weighted by Crippen LogP contribution is 2.29. The lowest BCUT2D eigenvalue weighted by molar-refractivity contribution is 0.0250. The number of fused-ring (bicyclic) bond motifs is 1. The van der Waals surface area contributed by atoms with Gasteiger partial charge in [0, 0.05) is 56.5 Å². The maximum absolute atomic E-state index is 10.6. The van der Waals surface area contributed by atoms with E-state index in [1.54, 1.807) is 23.5 Å². The molecule has 1 aliphatic heterocycles. The lowest BCUT2D eigenvalue weighted by atomic mass is 10.1. The van der Waals surface area contributed by atoms with Gasteiger partial charge in [0.25, 0.3) is 0 Å². The van der Waals surface area contributed by atoms with E-state index in [-0.39, 0.29) is 6.61 Å². The Bertz CT molecular complexity index is 1340. The zero-order chi connectivity index (χ0) is 25.2. The van der Waals surface area contributed by atoms with Crippen LogP contribution in [-0.2, 0) is 6.54 Å². The first-order valence-corrected chi connectivity index (χ1v) is 13.5. The van der Waals surface area contributed by atoms with Gasteiger partial charge in [0.15, 0.2) is 5.76 Å². The minimum atomic E-state index is -0.569. The maximum Gasteiger partial charge on any atom is 0.167 e. The van der Waals surface area contributed by atoms with Gasteiger partial charge in [-0.15, -0.1) is 11.3 Å². The fourth-order valence-electron chi connectivity index (χ4n) is 4.51. The van der Waals surface area contributed by atoms with E-state index in [0.29, 0.717) is 34.9 Å². The monoisotopic (exact) mass is 546 g/mol. The van der Waals surface area contributed by atoms with Crippen molar-refractivity contribution in [2.75, 3.05) is 32.8 Å². The molecule has 2 aromatic carbocycles. The van der Waals surface area contributed by atoms with E-state index in [4.69, 9.17) is 32.5 Å². The van der Waals surface area contributed by atoms with E-state index in [2.05, 4.69) is 26.9 Å². The largest absolute Gasteiger partial charge is 0.491 e. The highest BCUT2D eigenvalue weighted by Gasteiger charge is 2.26. The number of aliphatic hydroxyl groups is 1. The number of rotatable bonds is 8. The van der Waals surface area contributed by atoms with E-state index in [9.17, 15) is 5.11 Å². The van der Waals surface area contributed by atoms with Crippen LogP contribution in [0.3, 0.4) is 0 Å². The molecule has 2 aromatic heterocycles. The Balaban J connectivity index is 1.10. The van der Waals surface area contributed by atoms with Gasteiger partial charge < -0.3 is 14.4 Å². The number of piperazine rings is 1. The van der Waals surface area contributed by atoms with Gasteiger partial charge in [-0.3, -0.25) is 9.80 Å². The van der Waals surface area contributed by atoms with Crippen molar-refractivity contribution in [1.82, 2.24) is 19.9 Å². The summed E-state index contributed by atoms with van der Waals surface area (Å²) in [5, 5.41) is 16.9. The number of aryl methyl sites for hydroxylation is 1. The van der Waals surface area contributed by atoms with Crippen LogP contribution in [0.25, 0.3) is 21.5 Å². The van der Waals surface area contributed by atoms with Crippen molar-refractivity contribution in [3.8, 4) is 17.1 Å². The number of halogens is 2. The van der Waals surface area contributed by atoms with Crippen LogP contribution >= 0.6 is 34.5 Å². The molecule has 0 saturated carbocycles. The first-order chi connectivity index (χ1) is 17.3. The molecule has 190 valence electrons. The second-order valence-electron chi connectivity index (χ2n) is 9.22. The molecule has 1 aliphatic rings. The smallest absolute Gasteiger partial charge is 0.167 e. The van der Waals surface area contributed by atoms with Crippen LogP contribution in [0, 0.1) is 6.92 Å². The van der Waals surface area contributed by atoms with E-state index in [1.807, 2.05) is 37.3 Å². The van der Waals surface area contributed by atoms with Gasteiger partial charge in [-0.05, 0) is 44.2 Å². The summed E-state index contributed by atoms with van der Waals surface area (Å²) in [5.41, 5.74) is 2.65. The van der Waals surface area contributed by atoms with Crippen molar-refractivity contribution >= 4 is 44.8 Å². The number of hydrogen-bond donors (Lipinski definition) is 1. The molecule has 0 unspecified atom stereocenters. The lowest BCUT2D eigenvalue weighted by Crippen LogP contribution is -2.53. The molecular formula is C26H28Cl2N4O3S. The van der Waals surface area contributed by atoms with Gasteiger partial charge in [-0.1, -0.05) is 28.4 Å². The Labute approximate surface area is 224 Å². The van der Waals surface area contributed by atoms with Gasteiger partial charge in [0.1, 0.15) is 18.5 Å². The Morgan fingerprint density at radius 1 is 1.17 bits per heavy atom. The lowest BCUT2D eigenvalue weighted by Gasteiger charge is -2.40. The molecule has 3 heterocycles. The highest BCUT2D eigenvalue weighted by atomic mass is 35.5. The third kappa shape index (κ3) is 6.02. The third-order valence-corrected chi connectivity index (χ3v) is 8.05. The van der Waals surface area contributed by atoms with Crippen molar-refractivity contribution in [2.45, 2.75) is 32.5 Å². The Hall–Kier alpha value is -2.20. The molecule has 0 amide bonds. The topological polar surface area (TPSA) is 74.9 Å². The number of aliphatic hydroxyl groups excluding tert-OH is 1. The number of nitrogens with zero attached hydrogens (tertiary/aromatic N) is 4. The molecule has 4 aromatic rings. The number of β-amino-alcohol motifs (C(OH)–C–C–N with tert-alkyl or cyclic N) is 1. The number of benzene rings is 2. The van der Waals surface area contributed by atoms with E-state index in [0.717, 1.165) is 51.9 Å².